The third kappa shape index (κ3) is 3.80. The predicted molar refractivity (Wildman–Crippen MR) is 107 cm³/mol. The van der Waals surface area contributed by atoms with Crippen LogP contribution in [0.5, 0.6) is 0 Å². The van der Waals surface area contributed by atoms with Crippen molar-refractivity contribution in [3.8, 4) is 0 Å². The second-order valence-electron chi connectivity index (χ2n) is 7.62. The van der Waals surface area contributed by atoms with Crippen molar-refractivity contribution in [3.63, 3.8) is 0 Å². The summed E-state index contributed by atoms with van der Waals surface area (Å²) in [5.74, 6) is -5.97. The maximum absolute atomic E-state index is 12.9. The van der Waals surface area contributed by atoms with Gasteiger partial charge in [-0.05, 0) is 35.4 Å². The molecule has 0 spiro atoms. The largest absolute Gasteiger partial charge is 0.545 e. The number of hydrogen-bond donors (Lipinski definition) is 1. The highest BCUT2D eigenvalue weighted by atomic mass is 16.5. The van der Waals surface area contributed by atoms with Gasteiger partial charge in [-0.1, -0.05) is 24.3 Å². The Labute approximate surface area is 191 Å². The Hall–Kier alpha value is -4.42. The summed E-state index contributed by atoms with van der Waals surface area (Å²) in [6, 6.07) is 6.62. The quantitative estimate of drug-likeness (QED) is 0.373. The highest BCUT2D eigenvalue weighted by molar-refractivity contribution is 6.24. The third-order valence-electron chi connectivity index (χ3n) is 5.61. The lowest BCUT2D eigenvalue weighted by molar-refractivity contribution is -0.256. The summed E-state index contributed by atoms with van der Waals surface area (Å²) >= 11 is 0. The minimum absolute atomic E-state index is 0.0689. The van der Waals surface area contributed by atoms with Crippen LogP contribution in [-0.2, 0) is 19.2 Å². The van der Waals surface area contributed by atoms with Crippen LogP contribution in [0.25, 0.3) is 0 Å². The molecule has 2 fully saturated rings. The third-order valence-corrected chi connectivity index (χ3v) is 5.61. The molecule has 12 heteroatoms. The first-order chi connectivity index (χ1) is 16.1. The Morgan fingerprint density at radius 1 is 0.706 bits per heavy atom. The molecule has 2 aromatic rings. The highest BCUT2D eigenvalue weighted by Gasteiger charge is 2.50. The molecule has 0 unspecified atom stereocenters. The monoisotopic (exact) mass is 465 g/mol. The number of rotatable bonds is 6. The van der Waals surface area contributed by atoms with Crippen molar-refractivity contribution in [1.29, 1.82) is 0 Å². The van der Waals surface area contributed by atoms with E-state index >= 15 is 0 Å². The van der Waals surface area contributed by atoms with Gasteiger partial charge in [-0.3, -0.25) is 19.2 Å². The van der Waals surface area contributed by atoms with Crippen molar-refractivity contribution in [2.24, 2.45) is 0 Å². The van der Waals surface area contributed by atoms with Gasteiger partial charge < -0.3 is 25.0 Å². The minimum atomic E-state index is -1.45. The van der Waals surface area contributed by atoms with Crippen LogP contribution in [0.4, 0.5) is 11.4 Å². The summed E-state index contributed by atoms with van der Waals surface area (Å²) in [4.78, 5) is 74.0. The molecule has 0 radical (unpaired) electrons. The van der Waals surface area contributed by atoms with Gasteiger partial charge in [-0.25, -0.2) is 9.80 Å². The molecule has 2 atom stereocenters. The maximum atomic E-state index is 12.9. The van der Waals surface area contributed by atoms with E-state index in [9.17, 15) is 44.2 Å². The van der Waals surface area contributed by atoms with E-state index in [1.165, 1.54) is 24.3 Å². The van der Waals surface area contributed by atoms with Crippen molar-refractivity contribution in [2.45, 2.75) is 24.9 Å². The zero-order chi connectivity index (χ0) is 24.7. The second kappa shape index (κ2) is 8.50. The van der Waals surface area contributed by atoms with E-state index < -0.39 is 60.5 Å². The van der Waals surface area contributed by atoms with Gasteiger partial charge in [0.05, 0.1) is 36.2 Å². The SMILES string of the molecule is O=C([O-])c1ccc(N2C(=O)C[C@@H](N(O)[C@H]3CC(=O)N(c4ccc(C(=O)[O-])cc4)C3=O)C2=O)cc1. The van der Waals surface area contributed by atoms with Crippen LogP contribution in [-0.4, -0.2) is 57.9 Å². The number of anilines is 2. The molecule has 1 N–H and O–H groups in total. The van der Waals surface area contributed by atoms with Gasteiger partial charge in [0.2, 0.25) is 11.8 Å². The molecule has 174 valence electrons. The van der Waals surface area contributed by atoms with E-state index in [0.717, 1.165) is 34.1 Å². The van der Waals surface area contributed by atoms with Crippen molar-refractivity contribution in [2.75, 3.05) is 9.80 Å². The lowest BCUT2D eigenvalue weighted by Gasteiger charge is -2.25. The van der Waals surface area contributed by atoms with Gasteiger partial charge in [0.15, 0.2) is 0 Å². The molecule has 0 aromatic heterocycles. The zero-order valence-electron chi connectivity index (χ0n) is 17.2. The van der Waals surface area contributed by atoms with Gasteiger partial charge in [0.1, 0.15) is 12.1 Å². The van der Waals surface area contributed by atoms with Crippen LogP contribution in [0.3, 0.4) is 0 Å². The Morgan fingerprint density at radius 2 is 1.03 bits per heavy atom. The summed E-state index contributed by atoms with van der Waals surface area (Å²) in [6.45, 7) is 0. The molecule has 2 aliphatic rings. The molecule has 2 aliphatic heterocycles. The average Bonchev–Trinajstić information content (AvgIpc) is 3.27. The lowest BCUT2D eigenvalue weighted by atomic mass is 10.1. The van der Waals surface area contributed by atoms with Crippen molar-refractivity contribution in [1.82, 2.24) is 5.06 Å². The molecule has 2 aromatic carbocycles. The van der Waals surface area contributed by atoms with Crippen molar-refractivity contribution in [3.05, 3.63) is 59.7 Å². The van der Waals surface area contributed by atoms with Gasteiger partial charge in [0.25, 0.3) is 11.8 Å². The van der Waals surface area contributed by atoms with Gasteiger partial charge in [-0.15, -0.1) is 0 Å². The van der Waals surface area contributed by atoms with Gasteiger partial charge in [0, 0.05) is 0 Å². The van der Waals surface area contributed by atoms with Crippen LogP contribution in [0.2, 0.25) is 0 Å². The second-order valence-corrected chi connectivity index (χ2v) is 7.62. The molecule has 4 amide bonds. The van der Waals surface area contributed by atoms with E-state index in [4.69, 9.17) is 0 Å². The summed E-state index contributed by atoms with van der Waals surface area (Å²) in [7, 11) is 0. The number of amides is 4. The molecule has 2 saturated heterocycles. The Bertz CT molecular complexity index is 1130. The number of carbonyl (C=O) groups excluding carboxylic acids is 6. The normalized spacial score (nSPS) is 20.5. The highest BCUT2D eigenvalue weighted by Crippen LogP contribution is 2.30. The number of hydrogen-bond acceptors (Lipinski definition) is 10. The minimum Gasteiger partial charge on any atom is -0.545 e. The number of aromatic carboxylic acids is 2. The van der Waals surface area contributed by atoms with E-state index in [1.54, 1.807) is 0 Å². The molecule has 0 aliphatic carbocycles. The number of carbonyl (C=O) groups is 6. The Kier molecular flexibility index (Phi) is 5.69. The fourth-order valence-corrected chi connectivity index (χ4v) is 3.90. The van der Waals surface area contributed by atoms with Gasteiger partial charge in [-0.2, -0.15) is 5.06 Å². The number of imide groups is 2. The topological polar surface area (TPSA) is 178 Å². The fourth-order valence-electron chi connectivity index (χ4n) is 3.90. The first-order valence-corrected chi connectivity index (χ1v) is 9.93. The summed E-state index contributed by atoms with van der Waals surface area (Å²) in [5, 5.41) is 32.8. The first-order valence-electron chi connectivity index (χ1n) is 9.93. The number of hydroxylamine groups is 2. The van der Waals surface area contributed by atoms with Gasteiger partial charge >= 0.3 is 0 Å². The molecular formula is C22H15N3O9-2. The number of carboxylic acids is 2. The molecule has 0 bridgehead atoms. The number of carboxylic acid groups (broad SMARTS) is 2. The van der Waals surface area contributed by atoms with Crippen LogP contribution in [0, 0.1) is 0 Å². The van der Waals surface area contributed by atoms with Crippen LogP contribution < -0.4 is 20.0 Å². The first kappa shape index (κ1) is 22.8. The molecule has 12 nitrogen and oxygen atoms in total. The van der Waals surface area contributed by atoms with Crippen LogP contribution in [0.15, 0.2) is 48.5 Å². The molecule has 2 heterocycles. The molecular weight excluding hydrogens is 450 g/mol. The van der Waals surface area contributed by atoms with E-state index in [0.29, 0.717) is 5.06 Å². The summed E-state index contributed by atoms with van der Waals surface area (Å²) < 4.78 is 0. The van der Waals surface area contributed by atoms with Crippen molar-refractivity contribution >= 4 is 46.9 Å². The van der Waals surface area contributed by atoms with Crippen LogP contribution >= 0.6 is 0 Å². The van der Waals surface area contributed by atoms with Crippen molar-refractivity contribution < 1.29 is 44.2 Å². The Morgan fingerprint density at radius 3 is 1.32 bits per heavy atom. The molecule has 0 saturated carbocycles. The molecule has 4 rings (SSSR count). The summed E-state index contributed by atoms with van der Waals surface area (Å²) in [6.07, 6.45) is -0.953. The average molecular weight is 465 g/mol. The predicted octanol–water partition coefficient (Wildman–Crippen LogP) is -1.93. The van der Waals surface area contributed by atoms with E-state index in [1.807, 2.05) is 0 Å². The Balaban J connectivity index is 1.53. The standard InChI is InChI=1S/C22H17N3O9/c26-17-9-15(19(28)23(17)13-5-1-11(2-6-13)21(30)31)25(34)16-10-18(27)24(20(16)29)14-7-3-12(4-8-14)22(32)33/h1-8,15-16,34H,9-10H2,(H,30,31)(H,32,33)/p-2/t15-,16+. The van der Waals surface area contributed by atoms with Crippen LogP contribution in [0.1, 0.15) is 33.6 Å². The maximum Gasteiger partial charge on any atom is 0.254 e. The van der Waals surface area contributed by atoms with E-state index in [2.05, 4.69) is 0 Å². The fraction of sp³-hybridized carbons (Fsp3) is 0.182. The molecule has 34 heavy (non-hydrogen) atoms. The lowest BCUT2D eigenvalue weighted by Crippen LogP contribution is -2.49. The number of nitrogens with zero attached hydrogens (tertiary/aromatic N) is 3. The van der Waals surface area contributed by atoms with E-state index in [-0.39, 0.29) is 22.5 Å². The zero-order valence-corrected chi connectivity index (χ0v) is 17.2. The summed E-state index contributed by atoms with van der Waals surface area (Å²) in [5.41, 5.74) is -0.185. The smallest absolute Gasteiger partial charge is 0.254 e. The number of benzene rings is 2.